The van der Waals surface area contributed by atoms with E-state index in [9.17, 15) is 4.39 Å². The Morgan fingerprint density at radius 1 is 1.30 bits per heavy atom. The number of anilines is 2. The normalized spacial score (nSPS) is 14.2. The van der Waals surface area contributed by atoms with Crippen molar-refractivity contribution in [1.29, 1.82) is 0 Å². The van der Waals surface area contributed by atoms with Crippen molar-refractivity contribution in [3.63, 3.8) is 0 Å². The van der Waals surface area contributed by atoms with Gasteiger partial charge in [-0.3, -0.25) is 0 Å². The molecular formula is C14H13BrFN3O. The Bertz CT molecular complexity index is 646. The molecule has 1 fully saturated rings. The van der Waals surface area contributed by atoms with Crippen LogP contribution in [0.2, 0.25) is 0 Å². The molecule has 1 saturated carbocycles. The number of aromatic nitrogens is 2. The summed E-state index contributed by atoms with van der Waals surface area (Å²) in [6.07, 6.45) is 2.27. The number of nitrogens with one attached hydrogen (secondary N) is 1. The van der Waals surface area contributed by atoms with Gasteiger partial charge in [0.1, 0.15) is 27.8 Å². The van der Waals surface area contributed by atoms with Gasteiger partial charge in [0, 0.05) is 18.1 Å². The topological polar surface area (TPSA) is 47.0 Å². The van der Waals surface area contributed by atoms with E-state index < -0.39 is 0 Å². The lowest BCUT2D eigenvalue weighted by molar-refractivity contribution is 0.413. The minimum absolute atomic E-state index is 0.338. The highest BCUT2D eigenvalue weighted by Gasteiger charge is 2.27. The maximum Gasteiger partial charge on any atom is 0.145 e. The van der Waals surface area contributed by atoms with E-state index in [1.807, 2.05) is 0 Å². The number of benzene rings is 1. The van der Waals surface area contributed by atoms with Crippen molar-refractivity contribution in [1.82, 2.24) is 9.97 Å². The van der Waals surface area contributed by atoms with Crippen LogP contribution in [0, 0.1) is 5.82 Å². The van der Waals surface area contributed by atoms with Gasteiger partial charge in [-0.25, -0.2) is 14.4 Å². The molecule has 1 heterocycles. The van der Waals surface area contributed by atoms with Gasteiger partial charge in [0.25, 0.3) is 0 Å². The molecule has 4 nitrogen and oxygen atoms in total. The Morgan fingerprint density at radius 3 is 2.80 bits per heavy atom. The Morgan fingerprint density at radius 2 is 2.10 bits per heavy atom. The molecule has 104 valence electrons. The largest absolute Gasteiger partial charge is 0.494 e. The van der Waals surface area contributed by atoms with Crippen molar-refractivity contribution in [3.05, 3.63) is 40.5 Å². The zero-order chi connectivity index (χ0) is 14.1. The molecular weight excluding hydrogens is 325 g/mol. The molecule has 1 aliphatic carbocycles. The fourth-order valence-corrected chi connectivity index (χ4v) is 2.33. The van der Waals surface area contributed by atoms with Crippen LogP contribution in [-0.2, 0) is 0 Å². The van der Waals surface area contributed by atoms with Gasteiger partial charge in [0.2, 0.25) is 0 Å². The average molecular weight is 338 g/mol. The van der Waals surface area contributed by atoms with Gasteiger partial charge in [-0.05, 0) is 40.9 Å². The average Bonchev–Trinajstić information content (AvgIpc) is 3.24. The lowest BCUT2D eigenvalue weighted by Crippen LogP contribution is -2.01. The molecule has 1 aliphatic rings. The molecule has 0 unspecified atom stereocenters. The summed E-state index contributed by atoms with van der Waals surface area (Å²) in [5, 5.41) is 3.14. The molecule has 2 aromatic rings. The predicted molar refractivity (Wildman–Crippen MR) is 77.9 cm³/mol. The van der Waals surface area contributed by atoms with Crippen molar-refractivity contribution < 1.29 is 9.13 Å². The Hall–Kier alpha value is -1.69. The molecule has 0 amide bonds. The number of rotatable bonds is 4. The van der Waals surface area contributed by atoms with Crippen LogP contribution in [0.1, 0.15) is 24.6 Å². The highest BCUT2D eigenvalue weighted by Crippen LogP contribution is 2.39. The van der Waals surface area contributed by atoms with Crippen molar-refractivity contribution in [3.8, 4) is 5.75 Å². The number of halogens is 2. The molecule has 0 radical (unpaired) electrons. The summed E-state index contributed by atoms with van der Waals surface area (Å²) in [5.74, 6) is 2.06. The second kappa shape index (κ2) is 5.36. The standard InChI is InChI=1S/C14H13BrFN3O/c1-20-11-6-9(16)4-5-10(11)17-13-7-12(15)18-14(19-13)8-2-3-8/h4-8H,2-3H2,1H3,(H,17,18,19). The zero-order valence-corrected chi connectivity index (χ0v) is 12.4. The van der Waals surface area contributed by atoms with Gasteiger partial charge in [-0.2, -0.15) is 0 Å². The first-order valence-corrected chi connectivity index (χ1v) is 7.10. The van der Waals surface area contributed by atoms with Crippen LogP contribution in [0.5, 0.6) is 5.75 Å². The van der Waals surface area contributed by atoms with E-state index >= 15 is 0 Å². The Kier molecular flexibility index (Phi) is 3.56. The summed E-state index contributed by atoms with van der Waals surface area (Å²) in [5.41, 5.74) is 0.668. The maximum atomic E-state index is 13.2. The SMILES string of the molecule is COc1cc(F)ccc1Nc1cc(Br)nc(C2CC2)n1. The smallest absolute Gasteiger partial charge is 0.145 e. The summed E-state index contributed by atoms with van der Waals surface area (Å²) in [6.45, 7) is 0. The molecule has 0 atom stereocenters. The first-order chi connectivity index (χ1) is 9.65. The van der Waals surface area contributed by atoms with Crippen LogP contribution in [0.3, 0.4) is 0 Å². The zero-order valence-electron chi connectivity index (χ0n) is 10.9. The van der Waals surface area contributed by atoms with E-state index in [0.717, 1.165) is 23.3 Å². The summed E-state index contributed by atoms with van der Waals surface area (Å²) < 4.78 is 19.1. The maximum absolute atomic E-state index is 13.2. The van der Waals surface area contributed by atoms with Crippen LogP contribution in [0.25, 0.3) is 0 Å². The van der Waals surface area contributed by atoms with Crippen LogP contribution >= 0.6 is 15.9 Å². The molecule has 0 spiro atoms. The Balaban J connectivity index is 1.90. The van der Waals surface area contributed by atoms with Crippen LogP contribution < -0.4 is 10.1 Å². The number of ether oxygens (including phenoxy) is 1. The van der Waals surface area contributed by atoms with Gasteiger partial charge in [-0.1, -0.05) is 0 Å². The van der Waals surface area contributed by atoms with Crippen LogP contribution in [-0.4, -0.2) is 17.1 Å². The molecule has 1 aromatic carbocycles. The second-order valence-electron chi connectivity index (χ2n) is 4.68. The molecule has 3 rings (SSSR count). The van der Waals surface area contributed by atoms with E-state index in [2.05, 4.69) is 31.2 Å². The number of methoxy groups -OCH3 is 1. The quantitative estimate of drug-likeness (QED) is 0.856. The molecule has 0 aliphatic heterocycles. The molecule has 0 saturated heterocycles. The second-order valence-corrected chi connectivity index (χ2v) is 5.49. The number of hydrogen-bond donors (Lipinski definition) is 1. The van der Waals surface area contributed by atoms with Crippen molar-refractivity contribution in [2.45, 2.75) is 18.8 Å². The van der Waals surface area contributed by atoms with Crippen LogP contribution in [0.4, 0.5) is 15.9 Å². The van der Waals surface area contributed by atoms with E-state index in [0.29, 0.717) is 23.2 Å². The van der Waals surface area contributed by atoms with Gasteiger partial charge in [-0.15, -0.1) is 0 Å². The molecule has 20 heavy (non-hydrogen) atoms. The minimum atomic E-state index is -0.338. The summed E-state index contributed by atoms with van der Waals surface area (Å²) in [4.78, 5) is 8.86. The van der Waals surface area contributed by atoms with E-state index in [1.165, 1.54) is 19.2 Å². The van der Waals surface area contributed by atoms with Gasteiger partial charge < -0.3 is 10.1 Å². The minimum Gasteiger partial charge on any atom is -0.494 e. The summed E-state index contributed by atoms with van der Waals surface area (Å²) >= 11 is 3.39. The third-order valence-electron chi connectivity index (χ3n) is 3.08. The van der Waals surface area contributed by atoms with E-state index in [1.54, 1.807) is 12.1 Å². The predicted octanol–water partition coefficient (Wildman–Crippen LogP) is 4.01. The number of hydrogen-bond acceptors (Lipinski definition) is 4. The molecule has 1 N–H and O–H groups in total. The first-order valence-electron chi connectivity index (χ1n) is 6.31. The van der Waals surface area contributed by atoms with Crippen molar-refractivity contribution in [2.75, 3.05) is 12.4 Å². The molecule has 6 heteroatoms. The third-order valence-corrected chi connectivity index (χ3v) is 3.49. The van der Waals surface area contributed by atoms with Crippen LogP contribution in [0.15, 0.2) is 28.9 Å². The summed E-state index contributed by atoms with van der Waals surface area (Å²) in [6, 6.07) is 6.12. The first kappa shape index (κ1) is 13.3. The lowest BCUT2D eigenvalue weighted by atomic mass is 10.3. The molecule has 1 aromatic heterocycles. The van der Waals surface area contributed by atoms with Crippen molar-refractivity contribution >= 4 is 27.4 Å². The third kappa shape index (κ3) is 2.90. The van der Waals surface area contributed by atoms with Crippen molar-refractivity contribution in [2.24, 2.45) is 0 Å². The highest BCUT2D eigenvalue weighted by atomic mass is 79.9. The van der Waals surface area contributed by atoms with Gasteiger partial charge >= 0.3 is 0 Å². The van der Waals surface area contributed by atoms with E-state index in [4.69, 9.17) is 4.74 Å². The highest BCUT2D eigenvalue weighted by molar-refractivity contribution is 9.10. The fraction of sp³-hybridized carbons (Fsp3) is 0.286. The molecule has 0 bridgehead atoms. The Labute approximate surface area is 124 Å². The monoisotopic (exact) mass is 337 g/mol. The summed E-state index contributed by atoms with van der Waals surface area (Å²) in [7, 11) is 1.51. The van der Waals surface area contributed by atoms with Gasteiger partial charge in [0.05, 0.1) is 12.8 Å². The van der Waals surface area contributed by atoms with Gasteiger partial charge in [0.15, 0.2) is 0 Å². The fourth-order valence-electron chi connectivity index (χ4n) is 1.93. The number of nitrogens with zero attached hydrogens (tertiary/aromatic N) is 2. The van der Waals surface area contributed by atoms with E-state index in [-0.39, 0.29) is 5.82 Å². The lowest BCUT2D eigenvalue weighted by Gasteiger charge is -2.11.